The van der Waals surface area contributed by atoms with Crippen LogP contribution in [0.15, 0.2) is 28.9 Å². The first kappa shape index (κ1) is 12.9. The highest BCUT2D eigenvalue weighted by Crippen LogP contribution is 2.20. The van der Waals surface area contributed by atoms with E-state index in [-0.39, 0.29) is 10.9 Å². The second-order valence-electron chi connectivity index (χ2n) is 3.83. The molecule has 1 heterocycles. The van der Waals surface area contributed by atoms with Gasteiger partial charge in [-0.15, -0.1) is 0 Å². The van der Waals surface area contributed by atoms with Crippen LogP contribution in [0.25, 0.3) is 0 Å². The Morgan fingerprint density at radius 2 is 2.00 bits per heavy atom. The molecule has 18 heavy (non-hydrogen) atoms. The third kappa shape index (κ3) is 2.64. The molecule has 3 nitrogen and oxygen atoms in total. The number of hydrogen-bond acceptors (Lipinski definition) is 2. The fourth-order valence-corrected chi connectivity index (χ4v) is 2.02. The largest absolute Gasteiger partial charge is 0.294 e. The molecule has 0 radical (unpaired) electrons. The summed E-state index contributed by atoms with van der Waals surface area (Å²) < 4.78 is 28.9. The van der Waals surface area contributed by atoms with Gasteiger partial charge in [-0.05, 0) is 18.2 Å². The Morgan fingerprint density at radius 1 is 1.39 bits per heavy atom. The molecule has 2 rings (SSSR count). The quantitative estimate of drug-likeness (QED) is 0.816. The predicted octanol–water partition coefficient (Wildman–Crippen LogP) is 2.89. The average molecular weight is 315 g/mol. The normalized spacial score (nSPS) is 10.7. The number of Topliss-reactive ketones (excluding diaryl/α,β-unsaturated/α-hetero) is 1. The summed E-state index contributed by atoms with van der Waals surface area (Å²) in [4.78, 5) is 11.8. The van der Waals surface area contributed by atoms with Crippen LogP contribution >= 0.6 is 15.9 Å². The molecule has 6 heteroatoms. The molecule has 0 unspecified atom stereocenters. The molecular weight excluding hydrogens is 306 g/mol. The molecule has 0 aliphatic carbocycles. The van der Waals surface area contributed by atoms with Crippen LogP contribution in [0.2, 0.25) is 0 Å². The lowest BCUT2D eigenvalue weighted by Crippen LogP contribution is -2.10. The van der Waals surface area contributed by atoms with Gasteiger partial charge in [-0.2, -0.15) is 5.10 Å². The lowest BCUT2D eigenvalue weighted by atomic mass is 10.1. The number of nitrogens with zero attached hydrogens (tertiary/aromatic N) is 2. The standard InChI is InChI=1S/C12H9BrF2N2O/c1-17-3-2-8(16-17)6-11(18)12-9(14)4-7(13)5-10(12)15/h2-5H,6H2,1H3. The van der Waals surface area contributed by atoms with Crippen LogP contribution in [0.5, 0.6) is 0 Å². The van der Waals surface area contributed by atoms with Crippen molar-refractivity contribution in [1.29, 1.82) is 0 Å². The Kier molecular flexibility index (Phi) is 3.56. The molecule has 0 saturated carbocycles. The monoisotopic (exact) mass is 314 g/mol. The van der Waals surface area contributed by atoms with E-state index in [1.54, 1.807) is 19.3 Å². The smallest absolute Gasteiger partial charge is 0.174 e. The zero-order chi connectivity index (χ0) is 13.3. The summed E-state index contributed by atoms with van der Waals surface area (Å²) in [6, 6.07) is 3.76. The summed E-state index contributed by atoms with van der Waals surface area (Å²) in [5, 5.41) is 3.99. The number of rotatable bonds is 3. The minimum atomic E-state index is -0.872. The molecule has 0 fully saturated rings. The van der Waals surface area contributed by atoms with Crippen LogP contribution < -0.4 is 0 Å². The first-order valence-corrected chi connectivity index (χ1v) is 5.93. The maximum absolute atomic E-state index is 13.6. The van der Waals surface area contributed by atoms with Crippen LogP contribution in [0.4, 0.5) is 8.78 Å². The van der Waals surface area contributed by atoms with E-state index in [0.29, 0.717) is 5.69 Å². The third-order valence-corrected chi connectivity index (χ3v) is 2.85. The molecule has 1 aromatic carbocycles. The first-order valence-electron chi connectivity index (χ1n) is 5.13. The van der Waals surface area contributed by atoms with Crippen molar-refractivity contribution in [1.82, 2.24) is 9.78 Å². The van der Waals surface area contributed by atoms with E-state index >= 15 is 0 Å². The highest BCUT2D eigenvalue weighted by molar-refractivity contribution is 9.10. The maximum atomic E-state index is 13.6. The van der Waals surface area contributed by atoms with Crippen LogP contribution in [0.1, 0.15) is 16.1 Å². The molecule has 0 spiro atoms. The number of carbonyl (C=O) groups excluding carboxylic acids is 1. The summed E-state index contributed by atoms with van der Waals surface area (Å²) in [5.74, 6) is -2.37. The molecule has 0 aliphatic rings. The summed E-state index contributed by atoms with van der Waals surface area (Å²) in [7, 11) is 1.70. The van der Waals surface area contributed by atoms with Crippen molar-refractivity contribution in [2.45, 2.75) is 6.42 Å². The fourth-order valence-electron chi connectivity index (χ4n) is 1.62. The zero-order valence-electron chi connectivity index (χ0n) is 9.45. The minimum absolute atomic E-state index is 0.129. The molecule has 2 aromatic rings. The average Bonchev–Trinajstić information content (AvgIpc) is 2.62. The van der Waals surface area contributed by atoms with Gasteiger partial charge in [-0.1, -0.05) is 15.9 Å². The SMILES string of the molecule is Cn1ccc(CC(=O)c2c(F)cc(Br)cc2F)n1. The second-order valence-corrected chi connectivity index (χ2v) is 4.74. The first-order chi connectivity index (χ1) is 8.47. The Labute approximate surface area is 111 Å². The topological polar surface area (TPSA) is 34.9 Å². The van der Waals surface area contributed by atoms with Gasteiger partial charge in [0.1, 0.15) is 11.6 Å². The summed E-state index contributed by atoms with van der Waals surface area (Å²) >= 11 is 2.96. The zero-order valence-corrected chi connectivity index (χ0v) is 11.0. The molecule has 94 valence electrons. The highest BCUT2D eigenvalue weighted by atomic mass is 79.9. The summed E-state index contributed by atoms with van der Waals surface area (Å²) in [6.07, 6.45) is 1.53. The number of aromatic nitrogens is 2. The molecule has 0 N–H and O–H groups in total. The molecule has 0 bridgehead atoms. The summed E-state index contributed by atoms with van der Waals surface area (Å²) in [5.41, 5.74) is -0.0481. The Bertz CT molecular complexity index is 587. The lowest BCUT2D eigenvalue weighted by Gasteiger charge is -2.03. The maximum Gasteiger partial charge on any atom is 0.174 e. The molecule has 1 aromatic heterocycles. The number of aryl methyl sites for hydroxylation is 1. The van der Waals surface area contributed by atoms with Crippen molar-refractivity contribution in [3.63, 3.8) is 0 Å². The van der Waals surface area contributed by atoms with Crippen molar-refractivity contribution < 1.29 is 13.6 Å². The van der Waals surface area contributed by atoms with Gasteiger partial charge in [0.15, 0.2) is 5.78 Å². The van der Waals surface area contributed by atoms with E-state index in [0.717, 1.165) is 12.1 Å². The molecule has 0 amide bonds. The van der Waals surface area contributed by atoms with E-state index in [4.69, 9.17) is 0 Å². The van der Waals surface area contributed by atoms with Crippen molar-refractivity contribution in [2.24, 2.45) is 7.05 Å². The number of benzene rings is 1. The van der Waals surface area contributed by atoms with E-state index in [9.17, 15) is 13.6 Å². The number of ketones is 1. The van der Waals surface area contributed by atoms with E-state index in [2.05, 4.69) is 21.0 Å². The van der Waals surface area contributed by atoms with Crippen molar-refractivity contribution in [3.8, 4) is 0 Å². The van der Waals surface area contributed by atoms with Gasteiger partial charge >= 0.3 is 0 Å². The Balaban J connectivity index is 2.29. The minimum Gasteiger partial charge on any atom is -0.294 e. The van der Waals surface area contributed by atoms with E-state index in [1.807, 2.05) is 0 Å². The van der Waals surface area contributed by atoms with Crippen LogP contribution in [-0.4, -0.2) is 15.6 Å². The van der Waals surface area contributed by atoms with Gasteiger partial charge in [-0.25, -0.2) is 8.78 Å². The van der Waals surface area contributed by atoms with Crippen molar-refractivity contribution in [3.05, 3.63) is 51.8 Å². The molecule has 0 aliphatic heterocycles. The van der Waals surface area contributed by atoms with Gasteiger partial charge in [0.25, 0.3) is 0 Å². The number of hydrogen-bond donors (Lipinski definition) is 0. The number of carbonyl (C=O) groups is 1. The Hall–Kier alpha value is -1.56. The van der Waals surface area contributed by atoms with Gasteiger partial charge in [0.2, 0.25) is 0 Å². The molecule has 0 saturated heterocycles. The van der Waals surface area contributed by atoms with Gasteiger partial charge in [-0.3, -0.25) is 9.48 Å². The van der Waals surface area contributed by atoms with E-state index < -0.39 is 23.0 Å². The third-order valence-electron chi connectivity index (χ3n) is 2.40. The van der Waals surface area contributed by atoms with Crippen LogP contribution in [0.3, 0.4) is 0 Å². The van der Waals surface area contributed by atoms with Gasteiger partial charge in [0, 0.05) is 17.7 Å². The van der Waals surface area contributed by atoms with Gasteiger partial charge in [0.05, 0.1) is 17.7 Å². The lowest BCUT2D eigenvalue weighted by molar-refractivity contribution is 0.0983. The van der Waals surface area contributed by atoms with Gasteiger partial charge < -0.3 is 0 Å². The predicted molar refractivity (Wildman–Crippen MR) is 65.3 cm³/mol. The molecule has 0 atom stereocenters. The number of halogens is 3. The summed E-state index contributed by atoms with van der Waals surface area (Å²) in [6.45, 7) is 0. The van der Waals surface area contributed by atoms with Crippen molar-refractivity contribution in [2.75, 3.05) is 0 Å². The molecular formula is C12H9BrF2N2O. The van der Waals surface area contributed by atoms with Crippen LogP contribution in [0, 0.1) is 11.6 Å². The van der Waals surface area contributed by atoms with Crippen LogP contribution in [-0.2, 0) is 13.5 Å². The fraction of sp³-hybridized carbons (Fsp3) is 0.167. The Morgan fingerprint density at radius 3 is 2.50 bits per heavy atom. The second kappa shape index (κ2) is 4.97. The van der Waals surface area contributed by atoms with E-state index in [1.165, 1.54) is 4.68 Å². The highest BCUT2D eigenvalue weighted by Gasteiger charge is 2.19. The van der Waals surface area contributed by atoms with Crippen molar-refractivity contribution >= 4 is 21.7 Å².